The van der Waals surface area contributed by atoms with Crippen LogP contribution >= 0.6 is 11.3 Å². The Hall–Kier alpha value is -3.52. The molecule has 1 aliphatic rings. The Morgan fingerprint density at radius 1 is 1.00 bits per heavy atom. The number of hydrogen-bond donors (Lipinski definition) is 1. The number of nitrogens with zero attached hydrogens (tertiary/aromatic N) is 3. The quantitative estimate of drug-likeness (QED) is 0.538. The van der Waals surface area contributed by atoms with Crippen LogP contribution in [0.2, 0.25) is 0 Å². The molecule has 4 aromatic rings. The van der Waals surface area contributed by atoms with Gasteiger partial charge in [-0.3, -0.25) is 14.2 Å². The van der Waals surface area contributed by atoms with E-state index in [9.17, 15) is 14.4 Å². The highest BCUT2D eigenvalue weighted by atomic mass is 32.1. The molecule has 156 valence electrons. The maximum absolute atomic E-state index is 12.9. The third kappa shape index (κ3) is 3.59. The first kappa shape index (κ1) is 19.4. The van der Waals surface area contributed by atoms with Crippen LogP contribution in [0.1, 0.15) is 29.4 Å². The van der Waals surface area contributed by atoms with Crippen LogP contribution in [-0.2, 0) is 0 Å². The van der Waals surface area contributed by atoms with E-state index in [0.29, 0.717) is 42.5 Å². The Morgan fingerprint density at radius 2 is 1.71 bits per heavy atom. The number of para-hydroxylation sites is 1. The summed E-state index contributed by atoms with van der Waals surface area (Å²) >= 11 is 1.45. The molecule has 0 unspecified atom stereocenters. The van der Waals surface area contributed by atoms with Crippen molar-refractivity contribution in [2.75, 3.05) is 13.1 Å². The molecule has 0 saturated carbocycles. The predicted octanol–water partition coefficient (Wildman–Crippen LogP) is 3.29. The van der Waals surface area contributed by atoms with Crippen molar-refractivity contribution in [1.29, 1.82) is 0 Å². The summed E-state index contributed by atoms with van der Waals surface area (Å²) in [6, 6.07) is 16.5. The second-order valence-corrected chi connectivity index (χ2v) is 8.44. The van der Waals surface area contributed by atoms with Gasteiger partial charge in [0, 0.05) is 30.1 Å². The van der Waals surface area contributed by atoms with Crippen molar-refractivity contribution in [3.05, 3.63) is 86.5 Å². The fourth-order valence-electron chi connectivity index (χ4n) is 4.08. The number of H-pyrrole nitrogens is 1. The number of carbonyl (C=O) groups is 1. The van der Waals surface area contributed by atoms with E-state index < -0.39 is 5.69 Å². The van der Waals surface area contributed by atoms with Gasteiger partial charge in [0.05, 0.1) is 10.9 Å². The number of rotatable bonds is 3. The number of piperidine rings is 1. The van der Waals surface area contributed by atoms with E-state index in [-0.39, 0.29) is 17.5 Å². The van der Waals surface area contributed by atoms with Crippen LogP contribution in [-0.4, -0.2) is 38.4 Å². The van der Waals surface area contributed by atoms with E-state index in [4.69, 9.17) is 0 Å². The number of nitrogens with one attached hydrogen (secondary N) is 1. The van der Waals surface area contributed by atoms with Crippen molar-refractivity contribution in [3.8, 4) is 10.6 Å². The minimum absolute atomic E-state index is 0.114. The van der Waals surface area contributed by atoms with Crippen LogP contribution in [0.15, 0.2) is 69.6 Å². The maximum Gasteiger partial charge on any atom is 0.329 e. The average molecular weight is 433 g/mol. The predicted molar refractivity (Wildman–Crippen MR) is 121 cm³/mol. The zero-order valence-electron chi connectivity index (χ0n) is 16.7. The van der Waals surface area contributed by atoms with Gasteiger partial charge >= 0.3 is 5.69 Å². The summed E-state index contributed by atoms with van der Waals surface area (Å²) < 4.78 is 1.31. The minimum atomic E-state index is -0.402. The summed E-state index contributed by atoms with van der Waals surface area (Å²) in [5.74, 6) is -0.114. The molecule has 1 N–H and O–H groups in total. The van der Waals surface area contributed by atoms with Gasteiger partial charge in [-0.05, 0) is 25.0 Å². The molecule has 0 aliphatic carbocycles. The highest BCUT2D eigenvalue weighted by molar-refractivity contribution is 7.13. The van der Waals surface area contributed by atoms with Gasteiger partial charge < -0.3 is 9.88 Å². The third-order valence-electron chi connectivity index (χ3n) is 5.70. The van der Waals surface area contributed by atoms with Gasteiger partial charge in [0.15, 0.2) is 0 Å². The highest BCUT2D eigenvalue weighted by Crippen LogP contribution is 2.26. The Morgan fingerprint density at radius 3 is 2.48 bits per heavy atom. The summed E-state index contributed by atoms with van der Waals surface area (Å²) in [6.45, 7) is 0.945. The molecule has 3 heterocycles. The molecule has 8 heteroatoms. The molecule has 1 saturated heterocycles. The van der Waals surface area contributed by atoms with E-state index >= 15 is 0 Å². The molecule has 0 bridgehead atoms. The van der Waals surface area contributed by atoms with E-state index in [0.717, 1.165) is 10.6 Å². The first-order valence-corrected chi connectivity index (χ1v) is 11.0. The molecule has 1 fully saturated rings. The summed E-state index contributed by atoms with van der Waals surface area (Å²) in [5, 5.41) is 3.10. The van der Waals surface area contributed by atoms with Crippen LogP contribution in [0.4, 0.5) is 0 Å². The molecule has 2 aromatic heterocycles. The fraction of sp³-hybridized carbons (Fsp3) is 0.217. The zero-order valence-corrected chi connectivity index (χ0v) is 17.5. The number of amides is 1. The Kier molecular flexibility index (Phi) is 4.99. The SMILES string of the molecule is O=C(c1csc(-c2ccccc2)n1)N1CCC(n2c(=O)[nH]c3ccccc3c2=O)CC1. The first-order valence-electron chi connectivity index (χ1n) is 10.2. The van der Waals surface area contributed by atoms with E-state index in [1.807, 2.05) is 30.3 Å². The van der Waals surface area contributed by atoms with Gasteiger partial charge in [-0.1, -0.05) is 42.5 Å². The number of fused-ring (bicyclic) bond motifs is 1. The molecule has 2 aromatic carbocycles. The molecule has 0 spiro atoms. The van der Waals surface area contributed by atoms with Crippen LogP contribution in [0.3, 0.4) is 0 Å². The lowest BCUT2D eigenvalue weighted by Gasteiger charge is -2.32. The number of aromatic amines is 1. The van der Waals surface area contributed by atoms with E-state index in [1.165, 1.54) is 15.9 Å². The van der Waals surface area contributed by atoms with Crippen LogP contribution in [0, 0.1) is 0 Å². The van der Waals surface area contributed by atoms with Gasteiger partial charge in [-0.25, -0.2) is 9.78 Å². The lowest BCUT2D eigenvalue weighted by atomic mass is 10.0. The lowest BCUT2D eigenvalue weighted by molar-refractivity contribution is 0.0687. The number of thiazole rings is 1. The molecular weight excluding hydrogens is 412 g/mol. The van der Waals surface area contributed by atoms with Crippen molar-refractivity contribution in [1.82, 2.24) is 19.4 Å². The molecule has 0 atom stereocenters. The molecule has 1 aliphatic heterocycles. The van der Waals surface area contributed by atoms with E-state index in [2.05, 4.69) is 9.97 Å². The molecule has 7 nitrogen and oxygen atoms in total. The summed E-state index contributed by atoms with van der Waals surface area (Å²) in [7, 11) is 0. The largest absolute Gasteiger partial charge is 0.337 e. The molecular formula is C23H20N4O3S. The van der Waals surface area contributed by atoms with Crippen LogP contribution in [0.5, 0.6) is 0 Å². The van der Waals surface area contributed by atoms with Crippen molar-refractivity contribution in [3.63, 3.8) is 0 Å². The number of likely N-dealkylation sites (tertiary alicyclic amines) is 1. The molecule has 31 heavy (non-hydrogen) atoms. The fourth-order valence-corrected chi connectivity index (χ4v) is 4.88. The topological polar surface area (TPSA) is 88.1 Å². The number of benzene rings is 2. The van der Waals surface area contributed by atoms with Gasteiger partial charge in [0.25, 0.3) is 11.5 Å². The Labute approximate surface area is 181 Å². The number of aromatic nitrogens is 3. The highest BCUT2D eigenvalue weighted by Gasteiger charge is 2.28. The Bertz CT molecular complexity index is 1360. The lowest BCUT2D eigenvalue weighted by Crippen LogP contribution is -2.45. The van der Waals surface area contributed by atoms with Gasteiger partial charge in [0.2, 0.25) is 0 Å². The van der Waals surface area contributed by atoms with Crippen molar-refractivity contribution in [2.45, 2.75) is 18.9 Å². The summed E-state index contributed by atoms with van der Waals surface area (Å²) in [5.41, 5.74) is 1.28. The summed E-state index contributed by atoms with van der Waals surface area (Å²) in [6.07, 6.45) is 1.09. The van der Waals surface area contributed by atoms with Crippen molar-refractivity contribution < 1.29 is 4.79 Å². The van der Waals surface area contributed by atoms with Gasteiger partial charge in [0.1, 0.15) is 10.7 Å². The molecule has 5 rings (SSSR count). The standard InChI is InChI=1S/C23H20N4O3S/c28-21-17-8-4-5-9-18(17)25-23(30)27(21)16-10-12-26(13-11-16)22(29)19-14-31-20(24-19)15-6-2-1-3-7-15/h1-9,14,16H,10-13H2,(H,25,30). The number of hydrogen-bond acceptors (Lipinski definition) is 5. The van der Waals surface area contributed by atoms with Crippen molar-refractivity contribution in [2.24, 2.45) is 0 Å². The number of carbonyl (C=O) groups excluding carboxylic acids is 1. The van der Waals surface area contributed by atoms with Crippen LogP contribution in [0.25, 0.3) is 21.5 Å². The monoisotopic (exact) mass is 432 g/mol. The maximum atomic E-state index is 12.9. The molecule has 1 amide bonds. The van der Waals surface area contributed by atoms with Gasteiger partial charge in [-0.2, -0.15) is 0 Å². The summed E-state index contributed by atoms with van der Waals surface area (Å²) in [4.78, 5) is 47.4. The van der Waals surface area contributed by atoms with Gasteiger partial charge in [-0.15, -0.1) is 11.3 Å². The first-order chi connectivity index (χ1) is 15.1. The molecule has 0 radical (unpaired) electrons. The second kappa shape index (κ2) is 7.96. The zero-order chi connectivity index (χ0) is 21.4. The minimum Gasteiger partial charge on any atom is -0.337 e. The third-order valence-corrected chi connectivity index (χ3v) is 6.59. The second-order valence-electron chi connectivity index (χ2n) is 7.58. The normalized spacial score (nSPS) is 14.8. The smallest absolute Gasteiger partial charge is 0.329 e. The van der Waals surface area contributed by atoms with E-state index in [1.54, 1.807) is 34.5 Å². The average Bonchev–Trinajstić information content (AvgIpc) is 3.30. The van der Waals surface area contributed by atoms with Crippen molar-refractivity contribution >= 4 is 28.1 Å². The van der Waals surface area contributed by atoms with Crippen LogP contribution < -0.4 is 11.2 Å². The Balaban J connectivity index is 1.33.